The molecule has 19 heavy (non-hydrogen) atoms. The molecule has 0 spiro atoms. The van der Waals surface area contributed by atoms with Crippen LogP contribution >= 0.6 is 0 Å². The van der Waals surface area contributed by atoms with Crippen LogP contribution in [0.15, 0.2) is 12.3 Å². The van der Waals surface area contributed by atoms with Crippen LogP contribution in [0.2, 0.25) is 0 Å². The molecule has 0 saturated heterocycles. The number of aliphatic hydroxyl groups excluding tert-OH is 1. The van der Waals surface area contributed by atoms with Gasteiger partial charge in [-0.05, 0) is 19.3 Å². The van der Waals surface area contributed by atoms with Crippen LogP contribution in [0, 0.1) is 23.0 Å². The largest absolute Gasteiger partial charge is 0.396 e. The quantitative estimate of drug-likeness (QED) is 0.592. The monoisotopic (exact) mass is 267 g/mol. The van der Waals surface area contributed by atoms with E-state index in [0.717, 1.165) is 6.20 Å². The van der Waals surface area contributed by atoms with Crippen molar-refractivity contribution >= 4 is 11.6 Å². The van der Waals surface area contributed by atoms with E-state index in [-0.39, 0.29) is 23.8 Å². The number of rotatable bonds is 6. The average molecular weight is 267 g/mol. The number of aryl methyl sites for hydroxylation is 1. The maximum Gasteiger partial charge on any atom is 0.288 e. The number of carbonyl (C=O) groups excluding carboxylic acids is 1. The summed E-state index contributed by atoms with van der Waals surface area (Å²) in [4.78, 5) is 25.8. The molecule has 0 aliphatic rings. The number of hydrogen-bond acceptors (Lipinski definition) is 5. The van der Waals surface area contributed by atoms with Crippen molar-refractivity contribution in [2.45, 2.75) is 20.3 Å². The molecular weight excluding hydrogens is 250 g/mol. The van der Waals surface area contributed by atoms with E-state index in [2.05, 4.69) is 10.3 Å². The Hall–Kier alpha value is -2.02. The number of aliphatic hydroxyl groups is 1. The number of hydrogen-bond donors (Lipinski definition) is 2. The lowest BCUT2D eigenvalue weighted by molar-refractivity contribution is -0.385. The van der Waals surface area contributed by atoms with Gasteiger partial charge in [0.25, 0.3) is 11.6 Å². The minimum Gasteiger partial charge on any atom is -0.396 e. The molecule has 0 radical (unpaired) electrons. The fourth-order valence-electron chi connectivity index (χ4n) is 1.54. The third-order valence-electron chi connectivity index (χ3n) is 2.76. The average Bonchev–Trinajstić information content (AvgIpc) is 2.36. The van der Waals surface area contributed by atoms with Gasteiger partial charge in [-0.25, -0.2) is 0 Å². The molecule has 1 aromatic heterocycles. The molecule has 0 aromatic carbocycles. The van der Waals surface area contributed by atoms with Crippen LogP contribution in [0.1, 0.15) is 29.4 Å². The second-order valence-electron chi connectivity index (χ2n) is 4.41. The van der Waals surface area contributed by atoms with Gasteiger partial charge in [-0.3, -0.25) is 19.9 Å². The van der Waals surface area contributed by atoms with Crippen LogP contribution < -0.4 is 5.32 Å². The molecular formula is C12H17N3O4. The maximum absolute atomic E-state index is 11.9. The molecule has 1 aromatic rings. The summed E-state index contributed by atoms with van der Waals surface area (Å²) >= 11 is 0. The molecule has 0 aliphatic heterocycles. The van der Waals surface area contributed by atoms with Crippen molar-refractivity contribution in [2.24, 2.45) is 5.92 Å². The first-order valence-corrected chi connectivity index (χ1v) is 5.95. The molecule has 1 amide bonds. The molecule has 7 heteroatoms. The van der Waals surface area contributed by atoms with E-state index >= 15 is 0 Å². The summed E-state index contributed by atoms with van der Waals surface area (Å²) in [5, 5.41) is 22.1. The van der Waals surface area contributed by atoms with E-state index in [9.17, 15) is 14.9 Å². The fourth-order valence-corrected chi connectivity index (χ4v) is 1.54. The van der Waals surface area contributed by atoms with Crippen molar-refractivity contribution in [3.8, 4) is 0 Å². The van der Waals surface area contributed by atoms with E-state index in [1.54, 1.807) is 6.92 Å². The van der Waals surface area contributed by atoms with Crippen LogP contribution in [0.5, 0.6) is 0 Å². The Labute approximate surface area is 110 Å². The van der Waals surface area contributed by atoms with Crippen LogP contribution in [0.4, 0.5) is 5.69 Å². The van der Waals surface area contributed by atoms with E-state index in [0.29, 0.717) is 18.7 Å². The number of carbonyl (C=O) groups is 1. The van der Waals surface area contributed by atoms with Gasteiger partial charge in [0.05, 0.1) is 16.2 Å². The second kappa shape index (κ2) is 6.79. The normalized spacial score (nSPS) is 11.9. The second-order valence-corrected chi connectivity index (χ2v) is 4.41. The number of amides is 1. The summed E-state index contributed by atoms with van der Waals surface area (Å²) in [7, 11) is 0. The van der Waals surface area contributed by atoms with Gasteiger partial charge in [0.2, 0.25) is 0 Å². The highest BCUT2D eigenvalue weighted by Crippen LogP contribution is 2.14. The zero-order valence-corrected chi connectivity index (χ0v) is 10.9. The fraction of sp³-hybridized carbons (Fsp3) is 0.500. The predicted octanol–water partition coefficient (Wildman–Crippen LogP) is 1.05. The minimum absolute atomic E-state index is 0.0639. The lowest BCUT2D eigenvalue weighted by Crippen LogP contribution is -2.29. The summed E-state index contributed by atoms with van der Waals surface area (Å²) in [5.74, 6) is -0.251. The first-order chi connectivity index (χ1) is 8.95. The third-order valence-corrected chi connectivity index (χ3v) is 2.76. The molecule has 0 bridgehead atoms. The number of nitro groups is 1. The lowest BCUT2D eigenvalue weighted by atomic mass is 10.1. The topological polar surface area (TPSA) is 105 Å². The smallest absolute Gasteiger partial charge is 0.288 e. The zero-order valence-electron chi connectivity index (χ0n) is 10.9. The summed E-state index contributed by atoms with van der Waals surface area (Å²) in [6.07, 6.45) is 1.72. The lowest BCUT2D eigenvalue weighted by Gasteiger charge is -2.11. The maximum atomic E-state index is 11.9. The van der Waals surface area contributed by atoms with Crippen LogP contribution in [0.25, 0.3) is 0 Å². The molecule has 2 N–H and O–H groups in total. The first-order valence-electron chi connectivity index (χ1n) is 5.95. The molecule has 1 heterocycles. The molecule has 7 nitrogen and oxygen atoms in total. The number of aromatic nitrogens is 1. The van der Waals surface area contributed by atoms with Crippen LogP contribution in [0.3, 0.4) is 0 Å². The first kappa shape index (κ1) is 15.0. The minimum atomic E-state index is -0.586. The predicted molar refractivity (Wildman–Crippen MR) is 68.8 cm³/mol. The Bertz CT molecular complexity index is 476. The van der Waals surface area contributed by atoms with E-state index in [4.69, 9.17) is 5.11 Å². The van der Waals surface area contributed by atoms with Gasteiger partial charge >= 0.3 is 0 Å². The highest BCUT2D eigenvalue weighted by Gasteiger charge is 2.16. The SMILES string of the molecule is Cc1ncc([N+](=O)[O-])cc1C(=O)NCC(C)CCO. The summed E-state index contributed by atoms with van der Waals surface area (Å²) in [6, 6.07) is 1.22. The molecule has 1 rings (SSSR count). The number of nitrogens with zero attached hydrogens (tertiary/aromatic N) is 2. The van der Waals surface area contributed by atoms with Crippen molar-refractivity contribution in [1.82, 2.24) is 10.3 Å². The van der Waals surface area contributed by atoms with Crippen LogP contribution in [-0.2, 0) is 0 Å². The molecule has 0 fully saturated rings. The van der Waals surface area contributed by atoms with Crippen molar-refractivity contribution < 1.29 is 14.8 Å². The Balaban J connectivity index is 2.76. The van der Waals surface area contributed by atoms with Gasteiger partial charge in [-0.1, -0.05) is 6.92 Å². The van der Waals surface area contributed by atoms with Gasteiger partial charge in [0.15, 0.2) is 0 Å². The Morgan fingerprint density at radius 2 is 2.32 bits per heavy atom. The highest BCUT2D eigenvalue weighted by atomic mass is 16.6. The Kier molecular flexibility index (Phi) is 5.37. The Morgan fingerprint density at radius 3 is 2.89 bits per heavy atom. The van der Waals surface area contributed by atoms with Crippen molar-refractivity contribution in [3.63, 3.8) is 0 Å². The zero-order chi connectivity index (χ0) is 14.4. The summed E-state index contributed by atoms with van der Waals surface area (Å²) in [6.45, 7) is 3.99. The van der Waals surface area contributed by atoms with Crippen molar-refractivity contribution in [2.75, 3.05) is 13.2 Å². The van der Waals surface area contributed by atoms with Crippen molar-refractivity contribution in [1.29, 1.82) is 0 Å². The number of nitrogens with one attached hydrogen (secondary N) is 1. The van der Waals surface area contributed by atoms with Gasteiger partial charge in [0.1, 0.15) is 6.20 Å². The summed E-state index contributed by atoms with van der Waals surface area (Å²) in [5.41, 5.74) is 0.433. The highest BCUT2D eigenvalue weighted by molar-refractivity contribution is 5.95. The Morgan fingerprint density at radius 1 is 1.63 bits per heavy atom. The molecule has 104 valence electrons. The third kappa shape index (κ3) is 4.29. The van der Waals surface area contributed by atoms with E-state index in [1.807, 2.05) is 6.92 Å². The van der Waals surface area contributed by atoms with Gasteiger partial charge < -0.3 is 10.4 Å². The van der Waals surface area contributed by atoms with E-state index < -0.39 is 10.8 Å². The van der Waals surface area contributed by atoms with E-state index in [1.165, 1.54) is 6.07 Å². The van der Waals surface area contributed by atoms with Gasteiger partial charge in [0, 0.05) is 19.2 Å². The molecule has 1 atom stereocenters. The molecule has 0 saturated carbocycles. The van der Waals surface area contributed by atoms with Crippen LogP contribution in [-0.4, -0.2) is 34.1 Å². The van der Waals surface area contributed by atoms with Gasteiger partial charge in [-0.15, -0.1) is 0 Å². The summed E-state index contributed by atoms with van der Waals surface area (Å²) < 4.78 is 0. The standard InChI is InChI=1S/C12H17N3O4/c1-8(3-4-16)6-14-12(17)11-5-10(15(18)19)7-13-9(11)2/h5,7-8,16H,3-4,6H2,1-2H3,(H,14,17). The molecule has 0 aliphatic carbocycles. The number of pyridine rings is 1. The molecule has 1 unspecified atom stereocenters. The van der Waals surface area contributed by atoms with Gasteiger partial charge in [-0.2, -0.15) is 0 Å². The van der Waals surface area contributed by atoms with Crippen molar-refractivity contribution in [3.05, 3.63) is 33.6 Å².